The number of aromatic nitrogens is 2. The minimum absolute atomic E-state index is 0.471. The molecular weight excluding hydrogens is 300 g/mol. The largest absolute Gasteiger partial charge is 0.464 e. The van der Waals surface area contributed by atoms with Crippen molar-refractivity contribution < 1.29 is 4.74 Å². The molecule has 1 aromatic carbocycles. The van der Waals surface area contributed by atoms with Crippen LogP contribution < -0.4 is 4.74 Å². The Kier molecular flexibility index (Phi) is 3.56. The van der Waals surface area contributed by atoms with E-state index in [0.29, 0.717) is 15.7 Å². The molecule has 0 amide bonds. The molecule has 1 aromatic heterocycles. The van der Waals surface area contributed by atoms with Gasteiger partial charge in [0.1, 0.15) is 6.61 Å². The zero-order valence-electron chi connectivity index (χ0n) is 7.48. The third kappa shape index (κ3) is 3.15. The van der Waals surface area contributed by atoms with E-state index in [-0.39, 0.29) is 0 Å². The van der Waals surface area contributed by atoms with Gasteiger partial charge in [-0.15, -0.1) is 5.10 Å². The highest BCUT2D eigenvalue weighted by Gasteiger charge is 2.02. The van der Waals surface area contributed by atoms with E-state index in [4.69, 9.17) is 16.3 Å². The highest BCUT2D eigenvalue weighted by molar-refractivity contribution is 9.11. The second-order valence-electron chi connectivity index (χ2n) is 2.74. The molecule has 2 rings (SSSR count). The van der Waals surface area contributed by atoms with Gasteiger partial charge < -0.3 is 4.74 Å². The van der Waals surface area contributed by atoms with Crippen molar-refractivity contribution in [2.45, 2.75) is 6.61 Å². The molecule has 2 aromatic rings. The van der Waals surface area contributed by atoms with Crippen molar-refractivity contribution in [3.05, 3.63) is 38.8 Å². The van der Waals surface area contributed by atoms with Gasteiger partial charge >= 0.3 is 0 Å². The van der Waals surface area contributed by atoms with Crippen LogP contribution in [0.15, 0.2) is 28.2 Å². The first-order valence-electron chi connectivity index (χ1n) is 4.10. The first kappa shape index (κ1) is 10.9. The first-order chi connectivity index (χ1) is 7.24. The number of hydrogen-bond acceptors (Lipinski definition) is 4. The molecule has 78 valence electrons. The molecule has 0 bridgehead atoms. The normalized spacial score (nSPS) is 10.3. The predicted octanol–water partition coefficient (Wildman–Crippen LogP) is 3.53. The van der Waals surface area contributed by atoms with Gasteiger partial charge in [-0.25, -0.2) is 0 Å². The smallest absolute Gasteiger partial charge is 0.295 e. The summed E-state index contributed by atoms with van der Waals surface area (Å²) in [6, 6.07) is 7.49. The fourth-order valence-electron chi connectivity index (χ4n) is 0.977. The molecule has 0 aliphatic rings. The van der Waals surface area contributed by atoms with Gasteiger partial charge in [0.05, 0.1) is 0 Å². The van der Waals surface area contributed by atoms with Crippen molar-refractivity contribution in [1.29, 1.82) is 0 Å². The summed E-state index contributed by atoms with van der Waals surface area (Å²) in [5.41, 5.74) is 1.05. The maximum atomic E-state index is 5.76. The van der Waals surface area contributed by atoms with Crippen LogP contribution in [0.25, 0.3) is 0 Å². The number of nitrogens with zero attached hydrogens (tertiary/aromatic N) is 2. The Morgan fingerprint density at radius 1 is 1.27 bits per heavy atom. The van der Waals surface area contributed by atoms with Gasteiger partial charge in [0.25, 0.3) is 5.19 Å². The minimum Gasteiger partial charge on any atom is -0.464 e. The molecule has 0 atom stereocenters. The first-order valence-corrected chi connectivity index (χ1v) is 6.09. The second-order valence-corrected chi connectivity index (χ2v) is 5.39. The number of rotatable bonds is 3. The van der Waals surface area contributed by atoms with Gasteiger partial charge in [0.15, 0.2) is 3.92 Å². The quantitative estimate of drug-likeness (QED) is 0.870. The summed E-state index contributed by atoms with van der Waals surface area (Å²) in [6.07, 6.45) is 0. The van der Waals surface area contributed by atoms with Gasteiger partial charge in [-0.05, 0) is 45.0 Å². The van der Waals surface area contributed by atoms with Gasteiger partial charge in [-0.2, -0.15) is 0 Å². The molecule has 0 spiro atoms. The standard InChI is InChI=1S/C9H6BrClN2OS/c10-8-12-13-9(15-8)14-5-6-1-3-7(11)4-2-6/h1-4H,5H2. The van der Waals surface area contributed by atoms with Crippen LogP contribution in [0.1, 0.15) is 5.56 Å². The van der Waals surface area contributed by atoms with Crippen molar-refractivity contribution in [1.82, 2.24) is 10.2 Å². The molecule has 0 fully saturated rings. The molecule has 0 radical (unpaired) electrons. The van der Waals surface area contributed by atoms with Crippen LogP contribution in [0.4, 0.5) is 0 Å². The molecular formula is C9H6BrClN2OS. The molecule has 0 aliphatic heterocycles. The van der Waals surface area contributed by atoms with E-state index in [1.165, 1.54) is 11.3 Å². The topological polar surface area (TPSA) is 35.0 Å². The van der Waals surface area contributed by atoms with Crippen LogP contribution in [0.2, 0.25) is 5.02 Å². The Morgan fingerprint density at radius 2 is 2.00 bits per heavy atom. The predicted molar refractivity (Wildman–Crippen MR) is 63.4 cm³/mol. The Morgan fingerprint density at radius 3 is 2.60 bits per heavy atom. The summed E-state index contributed by atoms with van der Waals surface area (Å²) in [5.74, 6) is 0. The summed E-state index contributed by atoms with van der Waals surface area (Å²) >= 11 is 10.3. The van der Waals surface area contributed by atoms with E-state index >= 15 is 0 Å². The monoisotopic (exact) mass is 304 g/mol. The lowest BCUT2D eigenvalue weighted by Crippen LogP contribution is -1.94. The summed E-state index contributed by atoms with van der Waals surface area (Å²) in [6.45, 7) is 0.471. The van der Waals surface area contributed by atoms with E-state index in [9.17, 15) is 0 Å². The lowest BCUT2D eigenvalue weighted by atomic mass is 10.2. The van der Waals surface area contributed by atoms with E-state index in [0.717, 1.165) is 10.6 Å². The Hall–Kier alpha value is -0.650. The van der Waals surface area contributed by atoms with Crippen molar-refractivity contribution in [3.8, 4) is 5.19 Å². The van der Waals surface area contributed by atoms with Crippen molar-refractivity contribution in [3.63, 3.8) is 0 Å². The summed E-state index contributed by atoms with van der Waals surface area (Å²) < 4.78 is 6.14. The molecule has 0 saturated heterocycles. The maximum Gasteiger partial charge on any atom is 0.295 e. The highest BCUT2D eigenvalue weighted by atomic mass is 79.9. The summed E-state index contributed by atoms with van der Waals surface area (Å²) in [4.78, 5) is 0. The molecule has 0 unspecified atom stereocenters. The molecule has 1 heterocycles. The number of benzene rings is 1. The average molecular weight is 306 g/mol. The molecule has 0 N–H and O–H groups in total. The zero-order chi connectivity index (χ0) is 10.7. The Balaban J connectivity index is 1.96. The third-order valence-corrected chi connectivity index (χ3v) is 3.18. The van der Waals surface area contributed by atoms with E-state index in [1.54, 1.807) is 0 Å². The van der Waals surface area contributed by atoms with Gasteiger partial charge in [-0.1, -0.05) is 28.8 Å². The highest BCUT2D eigenvalue weighted by Crippen LogP contribution is 2.23. The van der Waals surface area contributed by atoms with Crippen LogP contribution >= 0.6 is 38.9 Å². The lowest BCUT2D eigenvalue weighted by Gasteiger charge is -2.01. The fraction of sp³-hybridized carbons (Fsp3) is 0.111. The molecule has 0 saturated carbocycles. The molecule has 6 heteroatoms. The number of hydrogen-bond donors (Lipinski definition) is 0. The van der Waals surface area contributed by atoms with Crippen molar-refractivity contribution in [2.24, 2.45) is 0 Å². The molecule has 0 aliphatic carbocycles. The van der Waals surface area contributed by atoms with Gasteiger partial charge in [-0.3, -0.25) is 0 Å². The SMILES string of the molecule is Clc1ccc(COc2nnc(Br)s2)cc1. The summed E-state index contributed by atoms with van der Waals surface area (Å²) in [7, 11) is 0. The zero-order valence-corrected chi connectivity index (χ0v) is 10.6. The maximum absolute atomic E-state index is 5.76. The van der Waals surface area contributed by atoms with Crippen molar-refractivity contribution in [2.75, 3.05) is 0 Å². The minimum atomic E-state index is 0.471. The number of ether oxygens (including phenoxy) is 1. The van der Waals surface area contributed by atoms with Crippen LogP contribution in [0, 0.1) is 0 Å². The Labute approximate surface area is 104 Å². The van der Waals surface area contributed by atoms with E-state index in [1.807, 2.05) is 24.3 Å². The van der Waals surface area contributed by atoms with Gasteiger partial charge in [0, 0.05) is 5.02 Å². The molecule has 3 nitrogen and oxygen atoms in total. The average Bonchev–Trinajstić information content (AvgIpc) is 2.64. The lowest BCUT2D eigenvalue weighted by molar-refractivity contribution is 0.302. The summed E-state index contributed by atoms with van der Waals surface area (Å²) in [5, 5.41) is 8.88. The van der Waals surface area contributed by atoms with Crippen LogP contribution in [0.5, 0.6) is 5.19 Å². The number of halogens is 2. The fourth-order valence-corrected chi connectivity index (χ4v) is 2.02. The van der Waals surface area contributed by atoms with E-state index in [2.05, 4.69) is 26.1 Å². The van der Waals surface area contributed by atoms with Crippen molar-refractivity contribution >= 4 is 38.9 Å². The van der Waals surface area contributed by atoms with Crippen LogP contribution in [-0.2, 0) is 6.61 Å². The van der Waals surface area contributed by atoms with Crippen LogP contribution in [0.3, 0.4) is 0 Å². The van der Waals surface area contributed by atoms with E-state index < -0.39 is 0 Å². The second kappa shape index (κ2) is 4.92. The van der Waals surface area contributed by atoms with Crippen LogP contribution in [-0.4, -0.2) is 10.2 Å². The third-order valence-electron chi connectivity index (χ3n) is 1.66. The van der Waals surface area contributed by atoms with Gasteiger partial charge in [0.2, 0.25) is 0 Å². The molecule has 15 heavy (non-hydrogen) atoms. The Bertz CT molecular complexity index is 446.